The molecule has 0 aliphatic carbocycles. The third-order valence-corrected chi connectivity index (χ3v) is 1.20. The van der Waals surface area contributed by atoms with Gasteiger partial charge in [0.2, 0.25) is 0 Å². The van der Waals surface area contributed by atoms with E-state index in [-0.39, 0.29) is 7.43 Å². The summed E-state index contributed by atoms with van der Waals surface area (Å²) >= 11 is 28.4. The number of hydrogen-bond acceptors (Lipinski definition) is 8. The summed E-state index contributed by atoms with van der Waals surface area (Å²) in [6.07, 6.45) is 0. The first-order valence-corrected chi connectivity index (χ1v) is 9.21. The Balaban J connectivity index is -0.0000000586. The molecule has 26 heavy (non-hydrogen) atoms. The molecule has 0 aliphatic rings. The molecule has 0 rings (SSSR count). The van der Waals surface area contributed by atoms with Crippen molar-refractivity contribution < 1.29 is 4.15 Å². The summed E-state index contributed by atoms with van der Waals surface area (Å²) in [5, 5.41) is 6.16. The summed E-state index contributed by atoms with van der Waals surface area (Å²) in [5.74, 6) is 0. The monoisotopic (exact) mass is 510 g/mol. The minimum atomic E-state index is -1.83. The highest BCUT2D eigenvalue weighted by atomic mass is 35.6. The van der Waals surface area contributed by atoms with Crippen LogP contribution in [0.2, 0.25) is 1.41 Å². The van der Waals surface area contributed by atoms with Crippen LogP contribution in [0.4, 0.5) is 0 Å². The summed E-state index contributed by atoms with van der Waals surface area (Å²) < 4.78 is 15.1. The molecule has 8 nitrogen and oxygen atoms in total. The summed E-state index contributed by atoms with van der Waals surface area (Å²) in [6.45, 7) is 6.21. The second kappa shape index (κ2) is 50.3. The molecule has 14 N–H and O–H groups in total. The van der Waals surface area contributed by atoms with Crippen LogP contribution in [0.15, 0.2) is 0 Å². The predicted octanol–water partition coefficient (Wildman–Crippen LogP) is 0.457. The van der Waals surface area contributed by atoms with Crippen molar-refractivity contribution in [2.75, 3.05) is 59.0 Å². The van der Waals surface area contributed by atoms with Crippen LogP contribution in [0.1, 0.15) is 10.2 Å². The molecule has 0 spiro atoms. The van der Waals surface area contributed by atoms with E-state index in [4.69, 9.17) is 102 Å². The van der Waals surface area contributed by atoms with Gasteiger partial charge in [0.05, 0.1) is 2.74 Å². The zero-order chi connectivity index (χ0) is 23.5. The lowest BCUT2D eigenvalue weighted by Crippen LogP contribution is -2.35. The fourth-order valence-corrected chi connectivity index (χ4v) is 0.469. The van der Waals surface area contributed by atoms with Gasteiger partial charge in [-0.2, -0.15) is 0 Å². The van der Waals surface area contributed by atoms with Crippen molar-refractivity contribution in [1.82, 2.24) is 10.6 Å². The molecule has 0 saturated carbocycles. The fourth-order valence-electron chi connectivity index (χ4n) is 0.469. The summed E-state index contributed by atoms with van der Waals surface area (Å²) in [4.78, 5) is 0. The van der Waals surface area contributed by atoms with Crippen molar-refractivity contribution in [3.63, 3.8) is 0 Å². The van der Waals surface area contributed by atoms with E-state index in [2.05, 4.69) is 16.4 Å². The molecule has 0 fully saturated rings. The van der Waals surface area contributed by atoms with Gasteiger partial charge in [-0.1, -0.05) is 77.0 Å². The minimum absolute atomic E-state index is 0. The van der Waals surface area contributed by atoms with Gasteiger partial charge < -0.3 is 45.0 Å². The van der Waals surface area contributed by atoms with Crippen molar-refractivity contribution >= 4 is 69.6 Å². The smallest absolute Gasteiger partial charge is 0.180 e. The van der Waals surface area contributed by atoms with Gasteiger partial charge in [0.1, 0.15) is 1.41 Å². The predicted molar refractivity (Wildman–Crippen MR) is 125 cm³/mol. The highest BCUT2D eigenvalue weighted by Crippen LogP contribution is 2.04. The van der Waals surface area contributed by atoms with E-state index in [1.165, 1.54) is 0 Å². The summed E-state index contributed by atoms with van der Waals surface area (Å²) in [5.41, 5.74) is 27.4. The first-order valence-electron chi connectivity index (χ1n) is 8.44. The highest BCUT2D eigenvalue weighted by Gasteiger charge is 1.81. The zero-order valence-electron chi connectivity index (χ0n) is 17.0. The molecule has 0 radical (unpaired) electrons. The molecule has 0 aromatic rings. The fraction of sp³-hybridized carbons (Fsp3) is 1.00. The first kappa shape index (κ1) is 32.1. The average molecular weight is 513 g/mol. The van der Waals surface area contributed by atoms with Crippen molar-refractivity contribution in [3.05, 3.63) is 0 Å². The van der Waals surface area contributed by atoms with Gasteiger partial charge in [0.25, 0.3) is 0 Å². The third kappa shape index (κ3) is 171. The molecule has 0 saturated heterocycles. The number of nitrogens with two attached hydrogens (primary N) is 6. The molecular weight excluding hydrogens is 469 g/mol. The number of alkyl halides is 6. The number of hydrogen-bond donors (Lipinski definition) is 8. The number of halogens is 6. The van der Waals surface area contributed by atoms with Crippen LogP contribution in [0.3, 0.4) is 0 Å². The Hall–Kier alpha value is 1.42. The second-order valence-corrected chi connectivity index (χ2v) is 6.73. The molecule has 0 aliphatic heterocycles. The Morgan fingerprint density at radius 1 is 0.654 bits per heavy atom. The lowest BCUT2D eigenvalue weighted by atomic mass is 10.6. The van der Waals surface area contributed by atoms with Gasteiger partial charge in [-0.05, 0) is 0 Å². The topological polar surface area (TPSA) is 180 Å². The maximum absolute atomic E-state index is 6.27. The van der Waals surface area contributed by atoms with E-state index in [9.17, 15) is 0 Å². The molecule has 0 heterocycles. The molecular formula is C12H38Cl6N8. The Bertz CT molecular complexity index is 221. The molecule has 0 atom stereocenters. The molecule has 0 aromatic heterocycles. The zero-order valence-corrected chi connectivity index (χ0v) is 18.6. The van der Waals surface area contributed by atoms with E-state index in [0.29, 0.717) is 39.3 Å². The molecule has 0 bridgehead atoms. The van der Waals surface area contributed by atoms with Crippen LogP contribution >= 0.6 is 69.6 Å². The Kier molecular flexibility index (Phi) is 62.1. The Morgan fingerprint density at radius 2 is 0.923 bits per heavy atom. The van der Waals surface area contributed by atoms with Gasteiger partial charge >= 0.3 is 0 Å². The van der Waals surface area contributed by atoms with Crippen LogP contribution in [-0.2, 0) is 0 Å². The van der Waals surface area contributed by atoms with Gasteiger partial charge in [-0.25, -0.2) is 0 Å². The maximum atomic E-state index is 6.27. The third-order valence-electron chi connectivity index (χ3n) is 1.20. The second-order valence-electron chi connectivity index (χ2n) is 3.30. The van der Waals surface area contributed by atoms with Crippen LogP contribution in [0, 0.1) is 0 Å². The lowest BCUT2D eigenvalue weighted by molar-refractivity contribution is 0.592. The minimum Gasteiger partial charge on any atom is -0.329 e. The van der Waals surface area contributed by atoms with Crippen LogP contribution in [0.25, 0.3) is 0 Å². The first-order chi connectivity index (χ1) is 12.7. The van der Waals surface area contributed by atoms with E-state index in [1.807, 2.05) is 0 Å². The quantitative estimate of drug-likeness (QED) is 0.124. The van der Waals surface area contributed by atoms with Gasteiger partial charge in [0, 0.05) is 59.0 Å². The van der Waals surface area contributed by atoms with Crippen molar-refractivity contribution in [2.45, 2.75) is 16.0 Å². The average Bonchev–Trinajstić information content (AvgIpc) is 2.53. The van der Waals surface area contributed by atoms with Crippen molar-refractivity contribution in [2.24, 2.45) is 34.4 Å². The van der Waals surface area contributed by atoms with E-state index < -0.39 is 8.54 Å². The normalized spacial score (nSPS) is 11.0. The van der Waals surface area contributed by atoms with Gasteiger partial charge in [-0.15, -0.1) is 0 Å². The molecule has 0 amide bonds. The largest absolute Gasteiger partial charge is 0.329 e. The maximum Gasteiger partial charge on any atom is 0.180 e. The highest BCUT2D eigenvalue weighted by molar-refractivity contribution is 6.63. The van der Waals surface area contributed by atoms with E-state index in [0.717, 1.165) is 19.8 Å². The molecule has 0 aromatic carbocycles. The molecule has 14 heteroatoms. The summed E-state index contributed by atoms with van der Waals surface area (Å²) in [7, 11) is 0. The van der Waals surface area contributed by atoms with Crippen LogP contribution < -0.4 is 45.0 Å². The van der Waals surface area contributed by atoms with Gasteiger partial charge in [-0.3, -0.25) is 0 Å². The SMILES string of the molecule is C.NCCN.NCCNCNCCN.[3H]C(Cl)(Cl)Cl.[3H]C(Cl)(Cl)Cl.[3H]NCCN. The summed E-state index contributed by atoms with van der Waals surface area (Å²) in [6, 6.07) is 0. The lowest BCUT2D eigenvalue weighted by Gasteiger charge is -2.02. The molecule has 0 unspecified atom stereocenters. The standard InChI is InChI=1S/C5H16N4.2C2H8N2.2CHCl3.CH4/c6-1-3-8-5-9-4-2-7;2*3-1-2-4;2*2-1(3)4;/h8-9H,1-7H2;2*1-4H2;2*1H;1H4/i;;;2*1T;/hT. The number of nitrogens with one attached hydrogen (secondary N) is 2. The van der Waals surface area contributed by atoms with Crippen molar-refractivity contribution in [3.8, 4) is 0 Å². The molecule has 168 valence electrons. The van der Waals surface area contributed by atoms with Crippen LogP contribution in [-0.4, -0.2) is 67.6 Å². The van der Waals surface area contributed by atoms with Crippen molar-refractivity contribution in [1.29, 1.82) is 0 Å². The van der Waals surface area contributed by atoms with E-state index >= 15 is 0 Å². The van der Waals surface area contributed by atoms with Crippen LogP contribution in [0.5, 0.6) is 0 Å². The Labute approximate surface area is 193 Å². The van der Waals surface area contributed by atoms with Gasteiger partial charge in [0.15, 0.2) is 8.54 Å². The van der Waals surface area contributed by atoms with E-state index in [1.54, 1.807) is 0 Å². The number of rotatable bonds is 9. The Morgan fingerprint density at radius 3 is 1.04 bits per heavy atom.